The SMILES string of the molecule is Nc1cc(C(=O)O)c(F)cc1SCC1CCCO1. The molecule has 3 N–H and O–H groups in total. The highest BCUT2D eigenvalue weighted by Gasteiger charge is 2.18. The first kappa shape index (κ1) is 13.2. The predicted octanol–water partition coefficient (Wildman–Crippen LogP) is 2.38. The summed E-state index contributed by atoms with van der Waals surface area (Å²) in [5.74, 6) is -1.36. The summed E-state index contributed by atoms with van der Waals surface area (Å²) >= 11 is 1.40. The van der Waals surface area contributed by atoms with E-state index in [1.165, 1.54) is 17.8 Å². The molecule has 6 heteroatoms. The summed E-state index contributed by atoms with van der Waals surface area (Å²) in [5, 5.41) is 8.76. The summed E-state index contributed by atoms with van der Waals surface area (Å²) in [6, 6.07) is 2.34. The number of aromatic carboxylic acids is 1. The van der Waals surface area contributed by atoms with Crippen LogP contribution in [0.3, 0.4) is 0 Å². The van der Waals surface area contributed by atoms with E-state index in [1.807, 2.05) is 0 Å². The quantitative estimate of drug-likeness (QED) is 0.649. The van der Waals surface area contributed by atoms with E-state index in [-0.39, 0.29) is 11.8 Å². The zero-order valence-electron chi connectivity index (χ0n) is 9.69. The number of benzene rings is 1. The standard InChI is InChI=1S/C12H14FNO3S/c13-9-5-11(10(14)4-8(9)12(15)16)18-6-7-2-1-3-17-7/h4-5,7H,1-3,6,14H2,(H,15,16). The highest BCUT2D eigenvalue weighted by atomic mass is 32.2. The van der Waals surface area contributed by atoms with Crippen molar-refractivity contribution in [1.29, 1.82) is 0 Å². The van der Waals surface area contributed by atoms with E-state index in [4.69, 9.17) is 15.6 Å². The van der Waals surface area contributed by atoms with Gasteiger partial charge in [0.25, 0.3) is 0 Å². The van der Waals surface area contributed by atoms with E-state index in [9.17, 15) is 9.18 Å². The topological polar surface area (TPSA) is 72.6 Å². The molecule has 0 radical (unpaired) electrons. The molecule has 98 valence electrons. The van der Waals surface area contributed by atoms with Gasteiger partial charge in [-0.2, -0.15) is 0 Å². The molecule has 0 aromatic heterocycles. The first-order valence-electron chi connectivity index (χ1n) is 5.64. The lowest BCUT2D eigenvalue weighted by Gasteiger charge is -2.11. The zero-order valence-corrected chi connectivity index (χ0v) is 10.5. The number of carbonyl (C=O) groups is 1. The summed E-state index contributed by atoms with van der Waals surface area (Å²) < 4.78 is 19.0. The molecule has 1 saturated heterocycles. The highest BCUT2D eigenvalue weighted by molar-refractivity contribution is 7.99. The molecule has 4 nitrogen and oxygen atoms in total. The molecule has 1 aliphatic rings. The Labute approximate surface area is 108 Å². The minimum absolute atomic E-state index is 0.177. The molecule has 18 heavy (non-hydrogen) atoms. The van der Waals surface area contributed by atoms with E-state index >= 15 is 0 Å². The Kier molecular flexibility index (Phi) is 4.08. The van der Waals surface area contributed by atoms with Gasteiger partial charge in [0.05, 0.1) is 11.7 Å². The maximum Gasteiger partial charge on any atom is 0.338 e. The van der Waals surface area contributed by atoms with Crippen LogP contribution < -0.4 is 5.73 Å². The molecule has 1 unspecified atom stereocenters. The fraction of sp³-hybridized carbons (Fsp3) is 0.417. The Morgan fingerprint density at radius 2 is 2.39 bits per heavy atom. The van der Waals surface area contributed by atoms with Crippen molar-refractivity contribution in [3.8, 4) is 0 Å². The number of ether oxygens (including phenoxy) is 1. The van der Waals surface area contributed by atoms with Crippen LogP contribution in [0.2, 0.25) is 0 Å². The second-order valence-electron chi connectivity index (χ2n) is 4.12. The number of rotatable bonds is 4. The molecule has 1 aromatic carbocycles. The average Bonchev–Trinajstić information content (AvgIpc) is 2.82. The van der Waals surface area contributed by atoms with Crippen LogP contribution in [0.1, 0.15) is 23.2 Å². The van der Waals surface area contributed by atoms with Crippen LogP contribution in [0.5, 0.6) is 0 Å². The van der Waals surface area contributed by atoms with Gasteiger partial charge in [0.2, 0.25) is 0 Å². The fourth-order valence-corrected chi connectivity index (χ4v) is 2.86. The van der Waals surface area contributed by atoms with E-state index in [1.54, 1.807) is 0 Å². The summed E-state index contributed by atoms with van der Waals surface area (Å²) in [6.07, 6.45) is 2.23. The molecule has 0 amide bonds. The van der Waals surface area contributed by atoms with Crippen LogP contribution in [0.4, 0.5) is 10.1 Å². The van der Waals surface area contributed by atoms with E-state index in [0.29, 0.717) is 10.6 Å². The Hall–Kier alpha value is -1.27. The molecular formula is C12H14FNO3S. The molecular weight excluding hydrogens is 257 g/mol. The number of hydrogen-bond acceptors (Lipinski definition) is 4. The summed E-state index contributed by atoms with van der Waals surface area (Å²) in [7, 11) is 0. The minimum atomic E-state index is -1.31. The smallest absolute Gasteiger partial charge is 0.338 e. The Balaban J connectivity index is 2.08. The number of carboxylic acid groups (broad SMARTS) is 1. The highest BCUT2D eigenvalue weighted by Crippen LogP contribution is 2.30. The van der Waals surface area contributed by atoms with E-state index in [0.717, 1.165) is 25.5 Å². The molecule has 2 rings (SSSR count). The summed E-state index contributed by atoms with van der Waals surface area (Å²) in [6.45, 7) is 0.771. The molecule has 0 spiro atoms. The van der Waals surface area contributed by atoms with Gasteiger partial charge < -0.3 is 15.6 Å². The van der Waals surface area contributed by atoms with Crippen LogP contribution in [0, 0.1) is 5.82 Å². The molecule has 0 saturated carbocycles. The molecule has 0 aliphatic carbocycles. The Bertz CT molecular complexity index is 461. The molecule has 1 fully saturated rings. The van der Waals surface area contributed by atoms with E-state index < -0.39 is 17.3 Å². The van der Waals surface area contributed by atoms with Gasteiger partial charge in [-0.3, -0.25) is 0 Å². The minimum Gasteiger partial charge on any atom is -0.478 e. The largest absolute Gasteiger partial charge is 0.478 e. The van der Waals surface area contributed by atoms with Crippen molar-refractivity contribution in [2.24, 2.45) is 0 Å². The van der Waals surface area contributed by atoms with Crippen LogP contribution in [0.15, 0.2) is 17.0 Å². The summed E-state index contributed by atoms with van der Waals surface area (Å²) in [5.41, 5.74) is 5.62. The number of nitrogen functional groups attached to an aromatic ring is 1. The van der Waals surface area contributed by atoms with Gasteiger partial charge in [0, 0.05) is 22.9 Å². The van der Waals surface area contributed by atoms with Crippen molar-refractivity contribution < 1.29 is 19.0 Å². The Morgan fingerprint density at radius 3 is 3.00 bits per heavy atom. The summed E-state index contributed by atoms with van der Waals surface area (Å²) in [4.78, 5) is 11.3. The maximum absolute atomic E-state index is 13.5. The van der Waals surface area contributed by atoms with Crippen molar-refractivity contribution in [3.63, 3.8) is 0 Å². The van der Waals surface area contributed by atoms with Crippen molar-refractivity contribution in [2.45, 2.75) is 23.8 Å². The van der Waals surface area contributed by atoms with Gasteiger partial charge in [0.15, 0.2) is 0 Å². The number of carboxylic acids is 1. The number of thioether (sulfide) groups is 1. The molecule has 1 aromatic rings. The monoisotopic (exact) mass is 271 g/mol. The fourth-order valence-electron chi connectivity index (χ4n) is 1.82. The van der Waals surface area contributed by atoms with Gasteiger partial charge >= 0.3 is 5.97 Å². The normalized spacial score (nSPS) is 19.1. The lowest BCUT2D eigenvalue weighted by molar-refractivity contribution is 0.0692. The van der Waals surface area contributed by atoms with Crippen LogP contribution in [0.25, 0.3) is 0 Å². The second kappa shape index (κ2) is 5.58. The number of halogens is 1. The van der Waals surface area contributed by atoms with Gasteiger partial charge in [-0.1, -0.05) is 0 Å². The average molecular weight is 271 g/mol. The third kappa shape index (κ3) is 2.94. The number of nitrogens with two attached hydrogens (primary N) is 1. The maximum atomic E-state index is 13.5. The molecule has 1 aliphatic heterocycles. The van der Waals surface area contributed by atoms with Gasteiger partial charge in [-0.15, -0.1) is 11.8 Å². The number of anilines is 1. The first-order valence-corrected chi connectivity index (χ1v) is 6.63. The molecule has 1 atom stereocenters. The molecule has 0 bridgehead atoms. The third-order valence-corrected chi connectivity index (χ3v) is 3.98. The van der Waals surface area contributed by atoms with Crippen molar-refractivity contribution >= 4 is 23.4 Å². The lowest BCUT2D eigenvalue weighted by atomic mass is 10.2. The van der Waals surface area contributed by atoms with Crippen LogP contribution in [-0.4, -0.2) is 29.5 Å². The van der Waals surface area contributed by atoms with Crippen molar-refractivity contribution in [2.75, 3.05) is 18.1 Å². The lowest BCUT2D eigenvalue weighted by Crippen LogP contribution is -2.08. The second-order valence-corrected chi connectivity index (χ2v) is 5.18. The number of hydrogen-bond donors (Lipinski definition) is 2. The zero-order chi connectivity index (χ0) is 13.1. The van der Waals surface area contributed by atoms with Gasteiger partial charge in [-0.25, -0.2) is 9.18 Å². The van der Waals surface area contributed by atoms with Crippen molar-refractivity contribution in [1.82, 2.24) is 0 Å². The van der Waals surface area contributed by atoms with Gasteiger partial charge in [0.1, 0.15) is 5.82 Å². The van der Waals surface area contributed by atoms with Crippen molar-refractivity contribution in [3.05, 3.63) is 23.5 Å². The van der Waals surface area contributed by atoms with E-state index in [2.05, 4.69) is 0 Å². The van der Waals surface area contributed by atoms with Crippen LogP contribution in [-0.2, 0) is 4.74 Å². The predicted molar refractivity (Wildman–Crippen MR) is 67.5 cm³/mol. The Morgan fingerprint density at radius 1 is 1.61 bits per heavy atom. The van der Waals surface area contributed by atoms with Gasteiger partial charge in [-0.05, 0) is 25.0 Å². The third-order valence-electron chi connectivity index (χ3n) is 2.78. The first-order chi connectivity index (χ1) is 8.58. The molecule has 1 heterocycles. The van der Waals surface area contributed by atoms with Crippen LogP contribution >= 0.6 is 11.8 Å².